The van der Waals surface area contributed by atoms with Gasteiger partial charge in [-0.1, -0.05) is 6.08 Å². The van der Waals surface area contributed by atoms with Gasteiger partial charge in [0.1, 0.15) is 0 Å². The van der Waals surface area contributed by atoms with E-state index in [-0.39, 0.29) is 0 Å². The molecule has 24 heavy (non-hydrogen) atoms. The van der Waals surface area contributed by atoms with Gasteiger partial charge in [-0.3, -0.25) is 9.59 Å². The third-order valence-corrected chi connectivity index (χ3v) is 5.00. The van der Waals surface area contributed by atoms with E-state index in [1.54, 1.807) is 6.92 Å². The number of hydrogen-bond acceptors (Lipinski definition) is 2. The number of aromatic amines is 1. The van der Waals surface area contributed by atoms with Crippen LogP contribution in [-0.2, 0) is 6.42 Å². The predicted octanol–water partition coefficient (Wildman–Crippen LogP) is 1.71. The average Bonchev–Trinajstić information content (AvgIpc) is 2.98. The van der Waals surface area contributed by atoms with Crippen molar-refractivity contribution in [1.29, 1.82) is 0 Å². The molecule has 0 spiro atoms. The van der Waals surface area contributed by atoms with E-state index >= 15 is 0 Å². The molecule has 5 heteroatoms. The molecular formula is C19H15N3O2. The van der Waals surface area contributed by atoms with Gasteiger partial charge in [0, 0.05) is 42.0 Å². The van der Waals surface area contributed by atoms with Crippen LogP contribution in [0.5, 0.6) is 0 Å². The second kappa shape index (κ2) is 4.47. The van der Waals surface area contributed by atoms with Gasteiger partial charge in [0.05, 0.1) is 22.1 Å². The summed E-state index contributed by atoms with van der Waals surface area (Å²) in [6, 6.07) is 3.54. The molecule has 0 unspecified atom stereocenters. The maximum absolute atomic E-state index is 12.3. The molecular weight excluding hydrogens is 302 g/mol. The van der Waals surface area contributed by atoms with Crippen LogP contribution in [0, 0.1) is 6.92 Å². The first-order chi connectivity index (χ1) is 11.7. The van der Waals surface area contributed by atoms with E-state index in [0.29, 0.717) is 5.56 Å². The van der Waals surface area contributed by atoms with Gasteiger partial charge in [-0.05, 0) is 31.1 Å². The van der Waals surface area contributed by atoms with Gasteiger partial charge >= 0.3 is 0 Å². The number of hydrogen-bond donors (Lipinski definition) is 1. The summed E-state index contributed by atoms with van der Waals surface area (Å²) in [5, 5.41) is 1.18. The maximum Gasteiger partial charge on any atom is 0.230 e. The first-order valence-corrected chi connectivity index (χ1v) is 8.02. The minimum atomic E-state index is -0.462. The minimum Gasteiger partial charge on any atom is -0.365 e. The van der Waals surface area contributed by atoms with Crippen molar-refractivity contribution in [2.24, 2.45) is 0 Å². The maximum atomic E-state index is 12.3. The Kier molecular flexibility index (Phi) is 2.49. The zero-order chi connectivity index (χ0) is 16.4. The summed E-state index contributed by atoms with van der Waals surface area (Å²) in [5.74, 6) is 0. The second-order valence-corrected chi connectivity index (χ2v) is 6.29. The van der Waals surface area contributed by atoms with Crippen molar-refractivity contribution >= 4 is 28.1 Å². The molecule has 118 valence electrons. The van der Waals surface area contributed by atoms with Crippen molar-refractivity contribution in [2.45, 2.75) is 19.8 Å². The fourth-order valence-electron chi connectivity index (χ4n) is 3.93. The first-order valence-electron chi connectivity index (χ1n) is 8.02. The van der Waals surface area contributed by atoms with E-state index in [2.05, 4.69) is 21.5 Å². The normalized spacial score (nSPS) is 13.5. The molecule has 0 atom stereocenters. The smallest absolute Gasteiger partial charge is 0.230 e. The molecule has 0 amide bonds. The monoisotopic (exact) mass is 317 g/mol. The first kappa shape index (κ1) is 13.4. The Morgan fingerprint density at radius 2 is 1.96 bits per heavy atom. The van der Waals surface area contributed by atoms with Gasteiger partial charge < -0.3 is 13.8 Å². The third-order valence-electron chi connectivity index (χ3n) is 5.00. The average molecular weight is 317 g/mol. The quantitative estimate of drug-likeness (QED) is 0.502. The summed E-state index contributed by atoms with van der Waals surface area (Å²) in [6.45, 7) is 1.74. The van der Waals surface area contributed by atoms with E-state index < -0.39 is 10.9 Å². The van der Waals surface area contributed by atoms with Gasteiger partial charge in [0.15, 0.2) is 0 Å². The molecule has 3 aromatic heterocycles. The van der Waals surface area contributed by atoms with Crippen molar-refractivity contribution in [3.8, 4) is 0 Å². The number of aromatic nitrogens is 3. The predicted molar refractivity (Wildman–Crippen MR) is 94.3 cm³/mol. The Hall–Kier alpha value is -3.08. The SMILES string of the molecule is Cc1c(=O)c(=O)cc2c1n1ccc3c1c(c1c[nH]ccn12)CCC=3. The number of benzene rings is 1. The molecule has 1 aromatic carbocycles. The number of nitrogens with zero attached hydrogens (tertiary/aromatic N) is 2. The van der Waals surface area contributed by atoms with Gasteiger partial charge in [0.25, 0.3) is 0 Å². The van der Waals surface area contributed by atoms with E-state index in [0.717, 1.165) is 34.9 Å². The Morgan fingerprint density at radius 3 is 2.83 bits per heavy atom. The van der Waals surface area contributed by atoms with Gasteiger partial charge in [-0.2, -0.15) is 0 Å². The highest BCUT2D eigenvalue weighted by Crippen LogP contribution is 2.24. The molecule has 4 aromatic rings. The molecule has 1 aliphatic carbocycles. The number of H-pyrrole nitrogens is 1. The summed E-state index contributed by atoms with van der Waals surface area (Å²) in [5.41, 5.74) is 4.53. The van der Waals surface area contributed by atoms with Gasteiger partial charge in [-0.25, -0.2) is 0 Å². The van der Waals surface area contributed by atoms with Gasteiger partial charge in [-0.15, -0.1) is 0 Å². The van der Waals surface area contributed by atoms with Crippen molar-refractivity contribution in [3.05, 3.63) is 73.7 Å². The molecule has 5 rings (SSSR count). The van der Waals surface area contributed by atoms with E-state index in [1.807, 2.05) is 29.2 Å². The Labute approximate surface area is 136 Å². The number of aryl methyl sites for hydroxylation is 2. The molecule has 0 aliphatic heterocycles. The summed E-state index contributed by atoms with van der Waals surface area (Å²) in [6.07, 6.45) is 11.8. The highest BCUT2D eigenvalue weighted by atomic mass is 16.2. The molecule has 5 nitrogen and oxygen atoms in total. The minimum absolute atomic E-state index is 0.427. The topological polar surface area (TPSA) is 58.8 Å². The van der Waals surface area contributed by atoms with Crippen molar-refractivity contribution in [2.75, 3.05) is 0 Å². The van der Waals surface area contributed by atoms with Crippen LogP contribution in [0.1, 0.15) is 17.5 Å². The lowest BCUT2D eigenvalue weighted by Gasteiger charge is -2.07. The van der Waals surface area contributed by atoms with Crippen LogP contribution in [0.4, 0.5) is 0 Å². The highest BCUT2D eigenvalue weighted by Gasteiger charge is 2.16. The fourth-order valence-corrected chi connectivity index (χ4v) is 3.93. The lowest BCUT2D eigenvalue weighted by Crippen LogP contribution is -2.25. The Balaban J connectivity index is 2.33. The third kappa shape index (κ3) is 1.53. The van der Waals surface area contributed by atoms with Crippen molar-refractivity contribution in [3.63, 3.8) is 0 Å². The van der Waals surface area contributed by atoms with Crippen LogP contribution < -0.4 is 16.1 Å². The lowest BCUT2D eigenvalue weighted by molar-refractivity contribution is 1.02. The zero-order valence-corrected chi connectivity index (χ0v) is 13.2. The second-order valence-electron chi connectivity index (χ2n) is 6.29. The zero-order valence-electron chi connectivity index (χ0n) is 13.2. The van der Waals surface area contributed by atoms with Crippen LogP contribution in [-0.4, -0.2) is 13.8 Å². The van der Waals surface area contributed by atoms with Crippen LogP contribution in [0.3, 0.4) is 0 Å². The van der Waals surface area contributed by atoms with E-state index in [4.69, 9.17) is 0 Å². The van der Waals surface area contributed by atoms with Crippen molar-refractivity contribution in [1.82, 2.24) is 13.8 Å². The van der Waals surface area contributed by atoms with Gasteiger partial charge in [0.2, 0.25) is 10.9 Å². The largest absolute Gasteiger partial charge is 0.365 e. The fraction of sp³-hybridized carbons (Fsp3) is 0.158. The summed E-state index contributed by atoms with van der Waals surface area (Å²) < 4.78 is 4.08. The summed E-state index contributed by atoms with van der Waals surface area (Å²) in [4.78, 5) is 27.6. The van der Waals surface area contributed by atoms with Crippen LogP contribution in [0.2, 0.25) is 0 Å². The molecule has 0 saturated heterocycles. The number of nitrogens with one attached hydrogen (secondary N) is 1. The molecule has 3 heterocycles. The molecule has 0 fully saturated rings. The lowest BCUT2D eigenvalue weighted by atomic mass is 10.0. The van der Waals surface area contributed by atoms with Crippen LogP contribution >= 0.6 is 0 Å². The molecule has 0 saturated carbocycles. The van der Waals surface area contributed by atoms with Crippen molar-refractivity contribution < 1.29 is 0 Å². The number of rotatable bonds is 0. The molecule has 0 bridgehead atoms. The molecule has 1 N–H and O–H groups in total. The summed E-state index contributed by atoms with van der Waals surface area (Å²) >= 11 is 0. The Bertz CT molecular complexity index is 1350. The number of fused-ring (bicyclic) bond motifs is 5. The van der Waals surface area contributed by atoms with Crippen LogP contribution in [0.15, 0.2) is 46.5 Å². The van der Waals surface area contributed by atoms with E-state index in [1.165, 1.54) is 16.8 Å². The summed E-state index contributed by atoms with van der Waals surface area (Å²) in [7, 11) is 0. The van der Waals surface area contributed by atoms with Crippen LogP contribution in [0.25, 0.3) is 28.1 Å². The Morgan fingerprint density at radius 1 is 1.08 bits per heavy atom. The van der Waals surface area contributed by atoms with E-state index in [9.17, 15) is 9.59 Å². The molecule has 0 radical (unpaired) electrons. The highest BCUT2D eigenvalue weighted by molar-refractivity contribution is 5.87. The molecule has 1 aliphatic rings. The standard InChI is InChI=1S/C19H15N3O2/c1-11-17-14(9-16(23)19(11)24)21-8-6-20-10-15(21)13-4-2-3-12-5-7-22(17)18(12)13/h3,5-10,20H,2,4H2,1H3.